The fraction of sp³-hybridized carbons (Fsp3) is 0.167. The highest BCUT2D eigenvalue weighted by Crippen LogP contribution is 2.37. The third-order valence-electron chi connectivity index (χ3n) is 5.12. The number of benzene rings is 2. The zero-order chi connectivity index (χ0) is 25.9. The van der Waals surface area contributed by atoms with Gasteiger partial charge in [-0.1, -0.05) is 23.7 Å². The standard InChI is InChI=1S/C24H17ClF3N3O4/c1-31(19-5-3-4-6-20(19)35-2)23(34)15-10-16(18(25)7-13(15)9-22(32)33)17-12-30-21(24(26,27)28)8-14(17)11-29/h3-8,10,12H,9H2,1-2H3,(H,32,33). The summed E-state index contributed by atoms with van der Waals surface area (Å²) >= 11 is 6.33. The van der Waals surface area contributed by atoms with Crippen molar-refractivity contribution in [1.82, 2.24) is 4.98 Å². The van der Waals surface area contributed by atoms with Crippen LogP contribution in [0.3, 0.4) is 0 Å². The van der Waals surface area contributed by atoms with Crippen LogP contribution in [-0.2, 0) is 17.4 Å². The Morgan fingerprint density at radius 1 is 1.20 bits per heavy atom. The molecule has 0 bridgehead atoms. The van der Waals surface area contributed by atoms with E-state index >= 15 is 0 Å². The Kier molecular flexibility index (Phi) is 7.31. The van der Waals surface area contributed by atoms with Crippen LogP contribution in [0.25, 0.3) is 11.1 Å². The fourth-order valence-corrected chi connectivity index (χ4v) is 3.73. The molecule has 0 aliphatic carbocycles. The van der Waals surface area contributed by atoms with E-state index in [2.05, 4.69) is 4.98 Å². The molecule has 1 N–H and O–H groups in total. The molecule has 0 saturated carbocycles. The molecule has 3 rings (SSSR count). The number of methoxy groups -OCH3 is 1. The fourth-order valence-electron chi connectivity index (χ4n) is 3.44. The lowest BCUT2D eigenvalue weighted by Gasteiger charge is -2.22. The second-order valence-corrected chi connectivity index (χ2v) is 7.73. The quantitative estimate of drug-likeness (QED) is 0.495. The minimum atomic E-state index is -4.77. The van der Waals surface area contributed by atoms with E-state index in [9.17, 15) is 33.1 Å². The number of carbonyl (C=O) groups excluding carboxylic acids is 1. The van der Waals surface area contributed by atoms with Gasteiger partial charge in [0.25, 0.3) is 5.91 Å². The van der Waals surface area contributed by atoms with Crippen LogP contribution >= 0.6 is 11.6 Å². The number of ether oxygens (including phenoxy) is 1. The molecule has 0 radical (unpaired) electrons. The molecule has 0 unspecified atom stereocenters. The minimum Gasteiger partial charge on any atom is -0.495 e. The van der Waals surface area contributed by atoms with Gasteiger partial charge in [-0.05, 0) is 35.9 Å². The Morgan fingerprint density at radius 2 is 1.89 bits per heavy atom. The average Bonchev–Trinajstić information content (AvgIpc) is 2.82. The maximum absolute atomic E-state index is 13.5. The molecular weight excluding hydrogens is 487 g/mol. The maximum Gasteiger partial charge on any atom is 0.433 e. The SMILES string of the molecule is COc1ccccc1N(C)C(=O)c1cc(-c2cnc(C(F)(F)F)cc2C#N)c(Cl)cc1CC(=O)O. The van der Waals surface area contributed by atoms with E-state index in [0.29, 0.717) is 17.5 Å². The Morgan fingerprint density at radius 3 is 2.49 bits per heavy atom. The van der Waals surface area contributed by atoms with Crippen molar-refractivity contribution in [3.05, 3.63) is 76.1 Å². The number of anilines is 1. The van der Waals surface area contributed by atoms with Crippen molar-refractivity contribution in [3.8, 4) is 22.9 Å². The number of para-hydroxylation sites is 2. The monoisotopic (exact) mass is 503 g/mol. The normalized spacial score (nSPS) is 11.0. The molecule has 2 aromatic carbocycles. The van der Waals surface area contributed by atoms with Gasteiger partial charge in [0.1, 0.15) is 11.4 Å². The summed E-state index contributed by atoms with van der Waals surface area (Å²) in [5.74, 6) is -1.46. The summed E-state index contributed by atoms with van der Waals surface area (Å²) in [5, 5.41) is 18.7. The minimum absolute atomic E-state index is 0.0404. The van der Waals surface area contributed by atoms with E-state index in [1.54, 1.807) is 30.3 Å². The van der Waals surface area contributed by atoms with Crippen LogP contribution in [-0.4, -0.2) is 36.1 Å². The van der Waals surface area contributed by atoms with Crippen LogP contribution in [0.15, 0.2) is 48.7 Å². The van der Waals surface area contributed by atoms with Crippen LogP contribution in [0.4, 0.5) is 18.9 Å². The number of nitrogens with zero attached hydrogens (tertiary/aromatic N) is 3. The Hall–Kier alpha value is -4.10. The van der Waals surface area contributed by atoms with Gasteiger partial charge < -0.3 is 14.7 Å². The Balaban J connectivity index is 2.20. The van der Waals surface area contributed by atoms with Crippen molar-refractivity contribution in [2.75, 3.05) is 19.1 Å². The molecular formula is C24H17ClF3N3O4. The van der Waals surface area contributed by atoms with Crippen molar-refractivity contribution in [2.45, 2.75) is 12.6 Å². The largest absolute Gasteiger partial charge is 0.495 e. The van der Waals surface area contributed by atoms with Crippen molar-refractivity contribution in [2.24, 2.45) is 0 Å². The Labute approximate surface area is 203 Å². The van der Waals surface area contributed by atoms with Crippen molar-refractivity contribution in [3.63, 3.8) is 0 Å². The number of pyridine rings is 1. The molecule has 180 valence electrons. The van der Waals surface area contributed by atoms with Crippen LogP contribution in [0.1, 0.15) is 27.2 Å². The summed E-state index contributed by atoms with van der Waals surface area (Å²) in [5.41, 5.74) is -1.20. The summed E-state index contributed by atoms with van der Waals surface area (Å²) < 4.78 is 44.5. The maximum atomic E-state index is 13.5. The van der Waals surface area contributed by atoms with Gasteiger partial charge in [-0.3, -0.25) is 14.6 Å². The molecule has 0 aliphatic rings. The number of hydrogen-bond donors (Lipinski definition) is 1. The van der Waals surface area contributed by atoms with Gasteiger partial charge >= 0.3 is 12.1 Å². The van der Waals surface area contributed by atoms with E-state index in [1.807, 2.05) is 0 Å². The highest BCUT2D eigenvalue weighted by atomic mass is 35.5. The van der Waals surface area contributed by atoms with Gasteiger partial charge in [-0.15, -0.1) is 0 Å². The molecule has 3 aromatic rings. The lowest BCUT2D eigenvalue weighted by atomic mass is 9.94. The number of nitriles is 1. The van der Waals surface area contributed by atoms with E-state index in [0.717, 1.165) is 6.20 Å². The molecule has 11 heteroatoms. The topological polar surface area (TPSA) is 104 Å². The number of rotatable bonds is 6. The number of carboxylic acids is 1. The summed E-state index contributed by atoms with van der Waals surface area (Å²) in [6, 6.07) is 11.4. The number of aromatic nitrogens is 1. The van der Waals surface area contributed by atoms with Gasteiger partial charge in [0.2, 0.25) is 0 Å². The molecule has 0 aliphatic heterocycles. The lowest BCUT2D eigenvalue weighted by Crippen LogP contribution is -2.28. The second kappa shape index (κ2) is 10.0. The van der Waals surface area contributed by atoms with E-state index in [-0.39, 0.29) is 32.8 Å². The molecule has 35 heavy (non-hydrogen) atoms. The highest BCUT2D eigenvalue weighted by Gasteiger charge is 2.33. The predicted molar refractivity (Wildman–Crippen MR) is 121 cm³/mol. The van der Waals surface area contributed by atoms with Crippen LogP contribution in [0, 0.1) is 11.3 Å². The molecule has 1 aromatic heterocycles. The third-order valence-corrected chi connectivity index (χ3v) is 5.43. The molecule has 7 nitrogen and oxygen atoms in total. The average molecular weight is 504 g/mol. The second-order valence-electron chi connectivity index (χ2n) is 7.32. The smallest absolute Gasteiger partial charge is 0.433 e. The first-order chi connectivity index (χ1) is 16.5. The van der Waals surface area contributed by atoms with Crippen molar-refractivity contribution in [1.29, 1.82) is 5.26 Å². The molecule has 0 spiro atoms. The zero-order valence-electron chi connectivity index (χ0n) is 18.4. The first-order valence-electron chi connectivity index (χ1n) is 9.91. The van der Waals surface area contributed by atoms with Crippen LogP contribution in [0.2, 0.25) is 5.02 Å². The predicted octanol–water partition coefficient (Wildman–Crippen LogP) is 5.20. The molecule has 0 fully saturated rings. The number of amides is 1. The summed E-state index contributed by atoms with van der Waals surface area (Å²) in [7, 11) is 2.88. The summed E-state index contributed by atoms with van der Waals surface area (Å²) in [6.45, 7) is 0. The zero-order valence-corrected chi connectivity index (χ0v) is 19.1. The van der Waals surface area contributed by atoms with Crippen LogP contribution in [0.5, 0.6) is 5.75 Å². The number of carboxylic acid groups (broad SMARTS) is 1. The Bertz CT molecular complexity index is 1350. The van der Waals surface area contributed by atoms with Gasteiger partial charge in [-0.2, -0.15) is 18.4 Å². The first kappa shape index (κ1) is 25.5. The van der Waals surface area contributed by atoms with E-state index < -0.39 is 30.2 Å². The number of halogens is 4. The van der Waals surface area contributed by atoms with Gasteiger partial charge in [0.15, 0.2) is 0 Å². The number of alkyl halides is 3. The first-order valence-corrected chi connectivity index (χ1v) is 10.3. The van der Waals surface area contributed by atoms with Crippen molar-refractivity contribution >= 4 is 29.2 Å². The van der Waals surface area contributed by atoms with Gasteiger partial charge in [0, 0.05) is 35.0 Å². The third kappa shape index (κ3) is 5.36. The summed E-state index contributed by atoms with van der Waals surface area (Å²) in [4.78, 5) is 29.5. The van der Waals surface area contributed by atoms with Gasteiger partial charge in [-0.25, -0.2) is 0 Å². The van der Waals surface area contributed by atoms with E-state index in [1.165, 1.54) is 31.2 Å². The molecule has 1 heterocycles. The molecule has 0 saturated heterocycles. The highest BCUT2D eigenvalue weighted by molar-refractivity contribution is 6.33. The lowest BCUT2D eigenvalue weighted by molar-refractivity contribution is -0.141. The number of aliphatic carboxylic acids is 1. The summed E-state index contributed by atoms with van der Waals surface area (Å²) in [6.07, 6.45) is -4.47. The number of hydrogen-bond acceptors (Lipinski definition) is 5. The number of carbonyl (C=O) groups is 2. The van der Waals surface area contributed by atoms with Crippen LogP contribution < -0.4 is 9.64 Å². The van der Waals surface area contributed by atoms with Crippen molar-refractivity contribution < 1.29 is 32.6 Å². The molecule has 1 amide bonds. The molecule has 0 atom stereocenters. The van der Waals surface area contributed by atoms with E-state index in [4.69, 9.17) is 16.3 Å². The van der Waals surface area contributed by atoms with Gasteiger partial charge in [0.05, 0.1) is 30.9 Å².